The molecule has 1 heterocycles. The van der Waals surface area contributed by atoms with Gasteiger partial charge in [-0.05, 0) is 43.4 Å². The van der Waals surface area contributed by atoms with Crippen molar-refractivity contribution in [2.24, 2.45) is 0 Å². The summed E-state index contributed by atoms with van der Waals surface area (Å²) in [6, 6.07) is 8.13. The molecule has 1 saturated heterocycles. The minimum absolute atomic E-state index is 0.702. The standard InChI is InChI=1S/C15H24N4OS/c1-18-9-11-19(12-10-18)17-15(21)16-8-7-13-3-5-14(20-2)6-4-13/h3-6H,7-12H2,1-2H3,(H2,16,17,21). The van der Waals surface area contributed by atoms with Crippen LogP contribution in [0.3, 0.4) is 0 Å². The van der Waals surface area contributed by atoms with E-state index in [1.54, 1.807) is 7.11 Å². The van der Waals surface area contributed by atoms with Crippen LogP contribution in [0.2, 0.25) is 0 Å². The third-order valence-electron chi connectivity index (χ3n) is 3.62. The fourth-order valence-electron chi connectivity index (χ4n) is 2.21. The lowest BCUT2D eigenvalue weighted by Crippen LogP contribution is -2.54. The van der Waals surface area contributed by atoms with Gasteiger partial charge in [0, 0.05) is 32.7 Å². The maximum absolute atomic E-state index is 5.32. The Morgan fingerprint density at radius 2 is 1.86 bits per heavy atom. The minimum atomic E-state index is 0.702. The summed E-state index contributed by atoms with van der Waals surface area (Å²) in [5, 5.41) is 6.12. The Bertz CT molecular complexity index is 443. The lowest BCUT2D eigenvalue weighted by Gasteiger charge is -2.33. The smallest absolute Gasteiger partial charge is 0.181 e. The van der Waals surface area contributed by atoms with Crippen molar-refractivity contribution in [2.45, 2.75) is 6.42 Å². The lowest BCUT2D eigenvalue weighted by atomic mass is 10.1. The van der Waals surface area contributed by atoms with Gasteiger partial charge < -0.3 is 15.0 Å². The highest BCUT2D eigenvalue weighted by Crippen LogP contribution is 2.11. The first-order valence-corrected chi connectivity index (χ1v) is 7.69. The largest absolute Gasteiger partial charge is 0.497 e. The zero-order chi connectivity index (χ0) is 15.1. The molecule has 0 unspecified atom stereocenters. The van der Waals surface area contributed by atoms with E-state index in [-0.39, 0.29) is 0 Å². The van der Waals surface area contributed by atoms with Gasteiger partial charge in [-0.1, -0.05) is 12.1 Å². The van der Waals surface area contributed by atoms with Crippen molar-refractivity contribution in [3.63, 3.8) is 0 Å². The van der Waals surface area contributed by atoms with Crippen LogP contribution in [-0.2, 0) is 6.42 Å². The van der Waals surface area contributed by atoms with Crippen molar-refractivity contribution in [1.29, 1.82) is 0 Å². The normalized spacial score (nSPS) is 16.5. The predicted octanol–water partition coefficient (Wildman–Crippen LogP) is 0.864. The number of hydrazine groups is 1. The van der Waals surface area contributed by atoms with Gasteiger partial charge >= 0.3 is 0 Å². The highest BCUT2D eigenvalue weighted by molar-refractivity contribution is 7.80. The van der Waals surface area contributed by atoms with Crippen molar-refractivity contribution in [2.75, 3.05) is 46.9 Å². The zero-order valence-corrected chi connectivity index (χ0v) is 13.6. The molecule has 0 amide bonds. The highest BCUT2D eigenvalue weighted by atomic mass is 32.1. The van der Waals surface area contributed by atoms with E-state index in [0.29, 0.717) is 5.11 Å². The van der Waals surface area contributed by atoms with Crippen LogP contribution in [-0.4, -0.2) is 61.9 Å². The maximum atomic E-state index is 5.32. The fraction of sp³-hybridized carbons (Fsp3) is 0.533. The molecule has 21 heavy (non-hydrogen) atoms. The number of thiocarbonyl (C=S) groups is 1. The second kappa shape index (κ2) is 8.17. The summed E-state index contributed by atoms with van der Waals surface area (Å²) in [4.78, 5) is 2.32. The molecule has 0 atom stereocenters. The molecule has 116 valence electrons. The van der Waals surface area contributed by atoms with Crippen molar-refractivity contribution >= 4 is 17.3 Å². The molecule has 1 aromatic rings. The Labute approximate surface area is 132 Å². The van der Waals surface area contributed by atoms with Crippen molar-refractivity contribution in [3.05, 3.63) is 29.8 Å². The molecule has 1 aliphatic rings. The van der Waals surface area contributed by atoms with Crippen LogP contribution in [0.1, 0.15) is 5.56 Å². The van der Waals surface area contributed by atoms with Crippen molar-refractivity contribution in [3.8, 4) is 5.75 Å². The molecule has 1 fully saturated rings. The van der Waals surface area contributed by atoms with Gasteiger partial charge in [0.1, 0.15) is 5.75 Å². The second-order valence-corrected chi connectivity index (χ2v) is 5.66. The number of hydrogen-bond acceptors (Lipinski definition) is 4. The van der Waals surface area contributed by atoms with E-state index < -0.39 is 0 Å². The van der Waals surface area contributed by atoms with Crippen molar-refractivity contribution in [1.82, 2.24) is 20.7 Å². The number of ether oxygens (including phenoxy) is 1. The number of hydrogen-bond donors (Lipinski definition) is 2. The molecule has 0 aliphatic carbocycles. The van der Waals surface area contributed by atoms with Gasteiger partial charge in [-0.15, -0.1) is 0 Å². The molecule has 0 spiro atoms. The van der Waals surface area contributed by atoms with E-state index in [1.807, 2.05) is 12.1 Å². The molecule has 2 N–H and O–H groups in total. The van der Waals surface area contributed by atoms with Crippen LogP contribution in [0.25, 0.3) is 0 Å². The van der Waals surface area contributed by atoms with E-state index in [2.05, 4.69) is 39.8 Å². The maximum Gasteiger partial charge on any atom is 0.181 e. The van der Waals surface area contributed by atoms with E-state index in [1.165, 1.54) is 5.56 Å². The summed E-state index contributed by atoms with van der Waals surface area (Å²) in [5.74, 6) is 0.888. The summed E-state index contributed by atoms with van der Waals surface area (Å²) >= 11 is 5.32. The first-order chi connectivity index (χ1) is 10.2. The van der Waals surface area contributed by atoms with Gasteiger partial charge in [0.25, 0.3) is 0 Å². The zero-order valence-electron chi connectivity index (χ0n) is 12.8. The monoisotopic (exact) mass is 308 g/mol. The molecule has 0 aromatic heterocycles. The lowest BCUT2D eigenvalue weighted by molar-refractivity contribution is 0.130. The molecule has 1 aromatic carbocycles. The van der Waals surface area contributed by atoms with Crippen LogP contribution in [0, 0.1) is 0 Å². The average molecular weight is 308 g/mol. The molecule has 0 bridgehead atoms. The average Bonchev–Trinajstić information content (AvgIpc) is 2.50. The van der Waals surface area contributed by atoms with Crippen LogP contribution in [0.4, 0.5) is 0 Å². The number of nitrogens with zero attached hydrogens (tertiary/aromatic N) is 2. The van der Waals surface area contributed by atoms with Gasteiger partial charge in [-0.25, -0.2) is 5.01 Å². The number of nitrogens with one attached hydrogen (secondary N) is 2. The van der Waals surface area contributed by atoms with E-state index >= 15 is 0 Å². The van der Waals surface area contributed by atoms with Crippen LogP contribution in [0.5, 0.6) is 5.75 Å². The molecule has 6 heteroatoms. The van der Waals surface area contributed by atoms with Gasteiger partial charge in [0.2, 0.25) is 0 Å². The number of methoxy groups -OCH3 is 1. The van der Waals surface area contributed by atoms with Gasteiger partial charge in [-0.2, -0.15) is 0 Å². The summed E-state index contributed by atoms with van der Waals surface area (Å²) in [5.41, 5.74) is 4.52. The van der Waals surface area contributed by atoms with Crippen LogP contribution >= 0.6 is 12.2 Å². The summed E-state index contributed by atoms with van der Waals surface area (Å²) < 4.78 is 5.15. The Morgan fingerprint density at radius 1 is 1.19 bits per heavy atom. The predicted molar refractivity (Wildman–Crippen MR) is 89.5 cm³/mol. The molecular weight excluding hydrogens is 284 g/mol. The summed E-state index contributed by atoms with van der Waals surface area (Å²) in [6.07, 6.45) is 0.939. The number of likely N-dealkylation sites (N-methyl/N-ethyl adjacent to an activating group) is 1. The SMILES string of the molecule is COc1ccc(CCNC(=S)NN2CCN(C)CC2)cc1. The van der Waals surface area contributed by atoms with Crippen molar-refractivity contribution < 1.29 is 4.74 Å². The Morgan fingerprint density at radius 3 is 2.48 bits per heavy atom. The summed E-state index contributed by atoms with van der Waals surface area (Å²) in [6.45, 7) is 4.96. The molecule has 1 aliphatic heterocycles. The highest BCUT2D eigenvalue weighted by Gasteiger charge is 2.13. The molecule has 0 radical (unpaired) electrons. The Hall–Kier alpha value is -1.37. The molecular formula is C15H24N4OS. The van der Waals surface area contributed by atoms with Gasteiger partial charge in [0.05, 0.1) is 7.11 Å². The molecule has 2 rings (SSSR count). The first-order valence-electron chi connectivity index (χ1n) is 7.28. The molecule has 0 saturated carbocycles. The van der Waals surface area contributed by atoms with E-state index in [4.69, 9.17) is 17.0 Å². The van der Waals surface area contributed by atoms with Crippen LogP contribution < -0.4 is 15.5 Å². The third-order valence-corrected chi connectivity index (χ3v) is 3.86. The van der Waals surface area contributed by atoms with Gasteiger partial charge in [0.15, 0.2) is 5.11 Å². The number of piperazine rings is 1. The quantitative estimate of drug-likeness (QED) is 0.787. The second-order valence-electron chi connectivity index (χ2n) is 5.26. The molecule has 5 nitrogen and oxygen atoms in total. The third kappa shape index (κ3) is 5.49. The Kier molecular flexibility index (Phi) is 6.22. The Balaban J connectivity index is 1.64. The van der Waals surface area contributed by atoms with Crippen LogP contribution in [0.15, 0.2) is 24.3 Å². The van der Waals surface area contributed by atoms with E-state index in [0.717, 1.165) is 44.9 Å². The fourth-order valence-corrected chi connectivity index (χ4v) is 2.45. The first kappa shape index (κ1) is 16.0. The topological polar surface area (TPSA) is 39.8 Å². The van der Waals surface area contributed by atoms with Gasteiger partial charge in [-0.3, -0.25) is 5.43 Å². The number of benzene rings is 1. The minimum Gasteiger partial charge on any atom is -0.497 e. The van der Waals surface area contributed by atoms with E-state index in [9.17, 15) is 0 Å². The summed E-state index contributed by atoms with van der Waals surface area (Å²) in [7, 11) is 3.82. The number of rotatable bonds is 5.